The predicted molar refractivity (Wildman–Crippen MR) is 250 cm³/mol. The third-order valence-corrected chi connectivity index (χ3v) is 15.3. The van der Waals surface area contributed by atoms with Crippen LogP contribution in [0.15, 0.2) is 212 Å². The van der Waals surface area contributed by atoms with Crippen LogP contribution < -0.4 is 4.90 Å². The molecule has 0 saturated heterocycles. The van der Waals surface area contributed by atoms with Crippen molar-refractivity contribution in [3.05, 3.63) is 199 Å². The number of nitrogens with zero attached hydrogens (tertiary/aromatic N) is 2. The smallest absolute Gasteiger partial charge is 0.295 e. The average Bonchev–Trinajstić information content (AvgIpc) is 3.31. The molecule has 0 spiro atoms. The fraction of sp³-hybridized carbons (Fsp3) is 0.157. The van der Waals surface area contributed by atoms with Gasteiger partial charge >= 0.3 is 0 Å². The number of sulfone groups is 2. The Kier molecular flexibility index (Phi) is 13.9. The summed E-state index contributed by atoms with van der Waals surface area (Å²) in [6.45, 7) is 5.41. The maximum Gasteiger partial charge on any atom is 0.295 e. The average molecular weight is 898 g/mol. The van der Waals surface area contributed by atoms with Crippen LogP contribution in [0.1, 0.15) is 50.7 Å². The molecule has 0 radical (unpaired) electrons. The lowest BCUT2D eigenvalue weighted by Crippen LogP contribution is -2.19. The summed E-state index contributed by atoms with van der Waals surface area (Å²) in [4.78, 5) is 2.63. The third kappa shape index (κ3) is 10.1. The zero-order valence-corrected chi connectivity index (χ0v) is 37.5. The van der Waals surface area contributed by atoms with Gasteiger partial charge in [0, 0.05) is 54.2 Å². The number of benzene rings is 6. The molecule has 1 N–H and O–H groups in total. The van der Waals surface area contributed by atoms with Gasteiger partial charge in [0.05, 0.1) is 19.6 Å². The molecule has 0 amide bonds. The first-order valence-electron chi connectivity index (χ1n) is 20.8. The van der Waals surface area contributed by atoms with Crippen molar-refractivity contribution in [1.82, 2.24) is 0 Å². The molecule has 322 valence electrons. The summed E-state index contributed by atoms with van der Waals surface area (Å²) in [6.07, 6.45) is 11.1. The second-order valence-electron chi connectivity index (χ2n) is 15.1. The van der Waals surface area contributed by atoms with Crippen molar-refractivity contribution in [2.24, 2.45) is 0 Å². The van der Waals surface area contributed by atoms with Crippen molar-refractivity contribution < 1.29 is 34.4 Å². The van der Waals surface area contributed by atoms with E-state index in [-0.39, 0.29) is 24.5 Å². The van der Waals surface area contributed by atoms with Crippen LogP contribution in [0.25, 0.3) is 5.57 Å². The Hall–Kier alpha value is -6.18. The Morgan fingerprint density at radius 3 is 1.67 bits per heavy atom. The van der Waals surface area contributed by atoms with Gasteiger partial charge in [0.15, 0.2) is 0 Å². The normalized spacial score (nSPS) is 12.9. The molecule has 63 heavy (non-hydrogen) atoms. The van der Waals surface area contributed by atoms with Crippen molar-refractivity contribution >= 4 is 58.1 Å². The standard InChI is InChI=1S/C51H48N2O7S3/c1-3-5-35-52(43-17-15-23-47(37-43)61(54,55)45-19-9-7-10-20-45)41-31-27-39(28-32-41)51(49-25-13-14-26-50(49)63(58,59)60)40-29-33-42(34-30-40)53(36-6-4-2)44-18-16-24-48(38-44)62(56,57)46-21-11-8-12-22-46/h7-34,37-38H,3-6,35-36H2,1-2H3/p+1. The molecule has 6 aromatic carbocycles. The van der Waals surface area contributed by atoms with Gasteiger partial charge in [0.2, 0.25) is 31.1 Å². The van der Waals surface area contributed by atoms with Gasteiger partial charge in [-0.15, -0.1) is 0 Å². The van der Waals surface area contributed by atoms with E-state index in [2.05, 4.69) is 23.3 Å². The van der Waals surface area contributed by atoms with Gasteiger partial charge < -0.3 is 4.90 Å². The lowest BCUT2D eigenvalue weighted by Gasteiger charge is -2.26. The molecule has 0 unspecified atom stereocenters. The molecule has 0 aromatic heterocycles. The molecule has 0 atom stereocenters. The maximum absolute atomic E-state index is 13.6. The van der Waals surface area contributed by atoms with Crippen molar-refractivity contribution in [2.75, 3.05) is 18.0 Å². The van der Waals surface area contributed by atoms with Gasteiger partial charge in [-0.3, -0.25) is 4.55 Å². The van der Waals surface area contributed by atoms with Crippen molar-refractivity contribution in [3.63, 3.8) is 0 Å². The largest absolute Gasteiger partial charge is 0.341 e. The molecular formula is C51H49N2O7S3+. The van der Waals surface area contributed by atoms with E-state index in [1.165, 1.54) is 6.07 Å². The second-order valence-corrected chi connectivity index (χ2v) is 20.4. The minimum atomic E-state index is -4.64. The number of unbranched alkanes of at least 4 members (excludes halogenated alkanes) is 2. The lowest BCUT2D eigenvalue weighted by atomic mass is 9.90. The second kappa shape index (κ2) is 19.5. The van der Waals surface area contributed by atoms with Gasteiger partial charge in [-0.2, -0.15) is 13.0 Å². The number of rotatable bonds is 16. The molecule has 9 nitrogen and oxygen atoms in total. The lowest BCUT2D eigenvalue weighted by molar-refractivity contribution is -0.439. The molecule has 0 heterocycles. The van der Waals surface area contributed by atoms with Crippen LogP contribution in [0.2, 0.25) is 0 Å². The van der Waals surface area contributed by atoms with Crippen LogP contribution in [0.5, 0.6) is 0 Å². The predicted octanol–water partition coefficient (Wildman–Crippen LogP) is 11.1. The van der Waals surface area contributed by atoms with E-state index < -0.39 is 29.8 Å². The van der Waals surface area contributed by atoms with Crippen LogP contribution in [-0.2, 0) is 29.8 Å². The van der Waals surface area contributed by atoms with E-state index in [1.807, 2.05) is 60.7 Å². The molecule has 0 bridgehead atoms. The molecule has 1 aliphatic rings. The first kappa shape index (κ1) is 44.9. The molecule has 0 saturated carbocycles. The summed E-state index contributed by atoms with van der Waals surface area (Å²) in [5, 5.41) is 0. The molecule has 12 heteroatoms. The summed E-state index contributed by atoms with van der Waals surface area (Å²) in [5.41, 5.74) is 5.27. The maximum atomic E-state index is 13.6. The highest BCUT2D eigenvalue weighted by atomic mass is 32.2. The highest BCUT2D eigenvalue weighted by Gasteiger charge is 2.25. The summed E-state index contributed by atoms with van der Waals surface area (Å²) >= 11 is 0. The fourth-order valence-electron chi connectivity index (χ4n) is 7.55. The Morgan fingerprint density at radius 2 is 1.08 bits per heavy atom. The SMILES string of the molecule is CCCCN(c1ccc(C(=C2C=CC(=[N+](CCCC)c3cccc(S(=O)(=O)c4ccccc4)c3)C=C2)c2ccccc2S(=O)(=O)O)cc1)c1cccc(S(=O)(=O)c2ccccc2)c1. The Balaban J connectivity index is 1.31. The molecule has 0 fully saturated rings. The number of allylic oxidation sites excluding steroid dienone is 5. The number of hydrogen-bond donors (Lipinski definition) is 1. The molecule has 6 aromatic rings. The zero-order chi connectivity index (χ0) is 44.6. The van der Waals surface area contributed by atoms with Crippen LogP contribution in [0.3, 0.4) is 0 Å². The van der Waals surface area contributed by atoms with Gasteiger partial charge in [0.1, 0.15) is 11.4 Å². The van der Waals surface area contributed by atoms with E-state index in [0.717, 1.165) is 37.1 Å². The number of anilines is 2. The van der Waals surface area contributed by atoms with Crippen LogP contribution in [-0.4, -0.2) is 53.2 Å². The van der Waals surface area contributed by atoms with Gasteiger partial charge in [-0.1, -0.05) is 106 Å². The van der Waals surface area contributed by atoms with Crippen LogP contribution in [0, 0.1) is 0 Å². The van der Waals surface area contributed by atoms with Gasteiger partial charge in [-0.25, -0.2) is 16.8 Å². The van der Waals surface area contributed by atoms with E-state index in [9.17, 15) is 29.8 Å². The number of hydrogen-bond acceptors (Lipinski definition) is 7. The Morgan fingerprint density at radius 1 is 0.540 bits per heavy atom. The highest BCUT2D eigenvalue weighted by Crippen LogP contribution is 2.37. The molecule has 7 rings (SSSR count). The Labute approximate surface area is 371 Å². The monoisotopic (exact) mass is 897 g/mol. The first-order valence-corrected chi connectivity index (χ1v) is 25.2. The van der Waals surface area contributed by atoms with Crippen molar-refractivity contribution in [3.8, 4) is 0 Å². The van der Waals surface area contributed by atoms with Gasteiger partial charge in [-0.05, 0) is 102 Å². The quantitative estimate of drug-likeness (QED) is 0.0751. The van der Waals surface area contributed by atoms with Crippen LogP contribution in [0.4, 0.5) is 17.1 Å². The van der Waals surface area contributed by atoms with E-state index in [0.29, 0.717) is 46.7 Å². The minimum absolute atomic E-state index is 0.184. The van der Waals surface area contributed by atoms with E-state index in [4.69, 9.17) is 0 Å². The zero-order valence-electron chi connectivity index (χ0n) is 35.1. The summed E-state index contributed by atoms with van der Waals surface area (Å²) < 4.78 is 92.6. The third-order valence-electron chi connectivity index (χ3n) is 10.8. The minimum Gasteiger partial charge on any atom is -0.341 e. The van der Waals surface area contributed by atoms with E-state index >= 15 is 0 Å². The Bertz CT molecular complexity index is 3050. The summed E-state index contributed by atoms with van der Waals surface area (Å²) in [5.74, 6) is 0. The van der Waals surface area contributed by atoms with Gasteiger partial charge in [0.25, 0.3) is 10.1 Å². The molecule has 1 aliphatic carbocycles. The van der Waals surface area contributed by atoms with E-state index in [1.54, 1.807) is 115 Å². The van der Waals surface area contributed by atoms with Crippen molar-refractivity contribution in [2.45, 2.75) is 64.0 Å². The highest BCUT2D eigenvalue weighted by molar-refractivity contribution is 7.91. The van der Waals surface area contributed by atoms with Crippen molar-refractivity contribution in [1.29, 1.82) is 0 Å². The fourth-order valence-corrected chi connectivity index (χ4v) is 10.9. The molecule has 0 aliphatic heterocycles. The summed E-state index contributed by atoms with van der Waals surface area (Å²) in [6, 6.07) is 44.5. The first-order chi connectivity index (χ1) is 30.3. The topological polar surface area (TPSA) is 129 Å². The summed E-state index contributed by atoms with van der Waals surface area (Å²) in [7, 11) is -12.2. The van der Waals surface area contributed by atoms with Crippen LogP contribution >= 0.6 is 0 Å². The molecular weight excluding hydrogens is 849 g/mol.